The van der Waals surface area contributed by atoms with Crippen LogP contribution in [0.5, 0.6) is 5.75 Å². The summed E-state index contributed by atoms with van der Waals surface area (Å²) in [4.78, 5) is 81.7. The Morgan fingerprint density at radius 1 is 0.976 bits per heavy atom. The maximum atomic E-state index is 12.7. The van der Waals surface area contributed by atoms with Crippen LogP contribution in [0.4, 0.5) is 0 Å². The van der Waals surface area contributed by atoms with Gasteiger partial charge in [0.15, 0.2) is 8.87 Å². The molecule has 0 amide bonds. The molecule has 0 saturated carbocycles. The summed E-state index contributed by atoms with van der Waals surface area (Å²) in [7, 11) is -2.92. The Bertz CT molecular complexity index is 1240. The minimum absolute atomic E-state index is 0.136. The van der Waals surface area contributed by atoms with Gasteiger partial charge in [0.05, 0.1) is 6.42 Å². The largest absolute Gasteiger partial charge is 0.461 e. The monoisotopic (exact) mass is 627 g/mol. The lowest BCUT2D eigenvalue weighted by molar-refractivity contribution is -0.789. The molecular weight excluding hydrogens is 602 g/mol. The van der Waals surface area contributed by atoms with Crippen LogP contribution >= 0.6 is 10.8 Å². The molecule has 0 bridgehead atoms. The zero-order valence-corrected chi connectivity index (χ0v) is 23.2. The van der Waals surface area contributed by atoms with Crippen molar-refractivity contribution >= 4 is 37.4 Å². The van der Waals surface area contributed by atoms with Gasteiger partial charge in [-0.2, -0.15) is 0 Å². The van der Waals surface area contributed by atoms with Gasteiger partial charge in [0, 0.05) is 24.9 Å². The van der Waals surface area contributed by atoms with E-state index in [9.17, 15) is 53.1 Å². The van der Waals surface area contributed by atoms with Crippen LogP contribution in [0, 0.1) is 30.3 Å². The van der Waals surface area contributed by atoms with E-state index < -0.39 is 78.4 Å². The first-order valence-electron chi connectivity index (χ1n) is 11.4. The molecule has 0 aliphatic carbocycles. The van der Waals surface area contributed by atoms with Gasteiger partial charge >= 0.3 is 11.9 Å². The number of Topliss-reactive ketones (excluding diaryl/α,β-unsaturated/α-hetero) is 1. The lowest BCUT2D eigenvalue weighted by Crippen LogP contribution is -2.29. The van der Waals surface area contributed by atoms with E-state index in [1.165, 1.54) is 6.07 Å². The molecule has 1 rings (SSSR count). The molecule has 0 saturated heterocycles. The molecule has 0 fully saturated rings. The van der Waals surface area contributed by atoms with E-state index in [-0.39, 0.29) is 37.2 Å². The smallest absolute Gasteiger partial charge is 0.341 e. The highest BCUT2D eigenvalue weighted by molar-refractivity contribution is 8.71. The summed E-state index contributed by atoms with van der Waals surface area (Å²) in [6.45, 7) is 0.210. The number of rotatable bonds is 20. The van der Waals surface area contributed by atoms with E-state index in [0.717, 1.165) is 18.4 Å². The molecule has 2 atom stereocenters. The van der Waals surface area contributed by atoms with Crippen LogP contribution in [-0.2, 0) is 44.1 Å². The van der Waals surface area contributed by atoms with E-state index in [4.69, 9.17) is 9.47 Å². The first-order valence-corrected chi connectivity index (χ1v) is 14.7. The van der Waals surface area contributed by atoms with Gasteiger partial charge in [0.25, 0.3) is 15.3 Å². The molecular formula is C20H25N3O16S2. The third-order valence-electron chi connectivity index (χ3n) is 4.64. The van der Waals surface area contributed by atoms with Gasteiger partial charge < -0.3 is 24.0 Å². The minimum atomic E-state index is -3.43. The van der Waals surface area contributed by atoms with E-state index in [1.54, 1.807) is 6.92 Å². The fourth-order valence-electron chi connectivity index (χ4n) is 3.01. The summed E-state index contributed by atoms with van der Waals surface area (Å²) in [5.74, 6) is -3.36. The molecule has 21 heteroatoms. The van der Waals surface area contributed by atoms with Gasteiger partial charge in [-0.15, -0.1) is 30.3 Å². The molecule has 1 aromatic carbocycles. The molecule has 0 aromatic heterocycles. The fraction of sp³-hybridized carbons (Fsp3) is 0.550. The van der Waals surface area contributed by atoms with Gasteiger partial charge in [0.2, 0.25) is 0 Å². The Labute approximate surface area is 235 Å². The van der Waals surface area contributed by atoms with Crippen molar-refractivity contribution in [3.8, 4) is 5.75 Å². The van der Waals surface area contributed by atoms with Crippen LogP contribution in [-0.4, -0.2) is 78.8 Å². The molecule has 0 heterocycles. The Hall–Kier alpha value is -4.27. The van der Waals surface area contributed by atoms with Crippen LogP contribution in [0.2, 0.25) is 0 Å². The van der Waals surface area contributed by atoms with Crippen molar-refractivity contribution in [1.29, 1.82) is 0 Å². The van der Waals surface area contributed by atoms with Crippen molar-refractivity contribution in [2.45, 2.75) is 44.8 Å². The highest BCUT2D eigenvalue weighted by Gasteiger charge is 2.24. The number of nitrogens with zero attached hydrogens (tertiary/aromatic N) is 3. The summed E-state index contributed by atoms with van der Waals surface area (Å²) in [6.07, 6.45) is -3.17. The van der Waals surface area contributed by atoms with Crippen molar-refractivity contribution in [2.75, 3.05) is 25.2 Å². The number of benzene rings is 1. The molecule has 0 aliphatic rings. The molecule has 228 valence electrons. The second-order valence-electron chi connectivity index (χ2n) is 7.92. The summed E-state index contributed by atoms with van der Waals surface area (Å²) in [5, 5.41) is 28.0. The van der Waals surface area contributed by atoms with E-state index in [1.807, 2.05) is 0 Å². The van der Waals surface area contributed by atoms with Crippen LogP contribution < -0.4 is 4.74 Å². The number of carbonyl (C=O) groups is 3. The van der Waals surface area contributed by atoms with Crippen molar-refractivity contribution in [3.63, 3.8) is 0 Å². The van der Waals surface area contributed by atoms with Crippen molar-refractivity contribution in [2.24, 2.45) is 0 Å². The summed E-state index contributed by atoms with van der Waals surface area (Å²) in [5.41, 5.74) is -0.188. The van der Waals surface area contributed by atoms with Gasteiger partial charge in [-0.05, 0) is 34.9 Å². The molecule has 0 radical (unpaired) electrons. The third-order valence-corrected chi connectivity index (χ3v) is 7.19. The fourth-order valence-corrected chi connectivity index (χ4v) is 4.57. The molecule has 2 unspecified atom stereocenters. The predicted octanol–water partition coefficient (Wildman–Crippen LogP) is 1.11. The van der Waals surface area contributed by atoms with Crippen LogP contribution in [0.3, 0.4) is 0 Å². The Balaban J connectivity index is 3.13. The average Bonchev–Trinajstić information content (AvgIpc) is 2.84. The van der Waals surface area contributed by atoms with E-state index in [2.05, 4.69) is 14.5 Å². The number of ketones is 1. The normalized spacial score (nSPS) is 12.3. The van der Waals surface area contributed by atoms with Crippen molar-refractivity contribution in [3.05, 3.63) is 59.7 Å². The lowest BCUT2D eigenvalue weighted by Gasteiger charge is -2.15. The first kappa shape index (κ1) is 34.8. The van der Waals surface area contributed by atoms with Gasteiger partial charge in [-0.3, -0.25) is 9.59 Å². The van der Waals surface area contributed by atoms with Crippen molar-refractivity contribution < 1.29 is 62.0 Å². The first-order chi connectivity index (χ1) is 19.1. The lowest BCUT2D eigenvalue weighted by atomic mass is 10.0. The highest BCUT2D eigenvalue weighted by Crippen LogP contribution is 2.24. The summed E-state index contributed by atoms with van der Waals surface area (Å²) in [6, 6.07) is 3.51. The average molecular weight is 628 g/mol. The minimum Gasteiger partial charge on any atom is -0.461 e. The maximum absolute atomic E-state index is 12.7. The maximum Gasteiger partial charge on any atom is 0.341 e. The van der Waals surface area contributed by atoms with Gasteiger partial charge in [0.1, 0.15) is 42.5 Å². The summed E-state index contributed by atoms with van der Waals surface area (Å²) < 4.78 is 32.6. The Morgan fingerprint density at radius 3 is 2.17 bits per heavy atom. The number of hydrogen-bond acceptors (Lipinski definition) is 17. The Kier molecular flexibility index (Phi) is 14.2. The number of hydrogen-bond donors (Lipinski definition) is 0. The van der Waals surface area contributed by atoms with Gasteiger partial charge in [-0.25, -0.2) is 13.2 Å². The standard InChI is InChI=1S/C20H25N3O16S2/c1-3-15(38-22(29)30)10-14(24)8-13-4-5-18(17(9-13)20(26)35-6-7-40-41(2,33)34)37-19(25)11-16(39-23(31)32)12-36-21(27)28/h4-5,9,15-16H,3,6-8,10-12H2,1-2H3. The van der Waals surface area contributed by atoms with Crippen LogP contribution in [0.1, 0.15) is 42.1 Å². The topological polar surface area (TPSA) is 261 Å². The zero-order chi connectivity index (χ0) is 31.2. The zero-order valence-electron chi connectivity index (χ0n) is 21.5. The quantitative estimate of drug-likeness (QED) is 0.0489. The third kappa shape index (κ3) is 15.2. The summed E-state index contributed by atoms with van der Waals surface area (Å²) >= 11 is 0. The molecule has 19 nitrogen and oxygen atoms in total. The number of ether oxygens (including phenoxy) is 2. The van der Waals surface area contributed by atoms with Crippen molar-refractivity contribution in [1.82, 2.24) is 0 Å². The second kappa shape index (κ2) is 16.7. The molecule has 0 aliphatic heterocycles. The molecule has 0 spiro atoms. The Morgan fingerprint density at radius 2 is 1.61 bits per heavy atom. The molecule has 1 aromatic rings. The van der Waals surface area contributed by atoms with Gasteiger partial charge in [-0.1, -0.05) is 13.0 Å². The predicted molar refractivity (Wildman–Crippen MR) is 135 cm³/mol. The molecule has 41 heavy (non-hydrogen) atoms. The highest BCUT2D eigenvalue weighted by atomic mass is 33.1. The number of carbonyl (C=O) groups excluding carboxylic acids is 3. The van der Waals surface area contributed by atoms with Crippen LogP contribution in [0.15, 0.2) is 18.2 Å². The van der Waals surface area contributed by atoms with Crippen LogP contribution in [0.25, 0.3) is 0 Å². The molecule has 0 N–H and O–H groups in total. The SMILES string of the molecule is CCC(CC(=O)Cc1ccc(OC(=O)CC(CO[N+](=O)[O-])O[N+](=O)[O-])c(C(=O)OCCSS(C)(=O)=O)c1)O[N+](=O)[O-]. The second-order valence-corrected chi connectivity index (χ2v) is 12.5. The number of esters is 2. The van der Waals surface area contributed by atoms with E-state index >= 15 is 0 Å². The van der Waals surface area contributed by atoms with E-state index in [0.29, 0.717) is 10.8 Å².